The molecule has 0 aliphatic carbocycles. The molecular weight excluding hydrogens is 224 g/mol. The summed E-state index contributed by atoms with van der Waals surface area (Å²) in [5, 5.41) is 8.03. The summed E-state index contributed by atoms with van der Waals surface area (Å²) < 4.78 is 5.57. The monoisotopic (exact) mass is 240 g/mol. The number of nitrogens with one attached hydrogen (secondary N) is 1. The Labute approximate surface area is 101 Å². The van der Waals surface area contributed by atoms with Crippen molar-refractivity contribution in [2.75, 3.05) is 6.61 Å². The fraction of sp³-hybridized carbons (Fsp3) is 0.417. The van der Waals surface area contributed by atoms with E-state index in [-0.39, 0.29) is 11.8 Å². The smallest absolute Gasteiger partial charge is 0.119 e. The number of aryl methyl sites for hydroxylation is 2. The van der Waals surface area contributed by atoms with Gasteiger partial charge in [0, 0.05) is 10.9 Å². The predicted octanol–water partition coefficient (Wildman–Crippen LogP) is 2.91. The van der Waals surface area contributed by atoms with Crippen molar-refractivity contribution in [3.8, 4) is 5.75 Å². The summed E-state index contributed by atoms with van der Waals surface area (Å²) >= 11 is 6.05. The summed E-state index contributed by atoms with van der Waals surface area (Å²) in [6, 6.07) is 3.78. The third-order valence-electron chi connectivity index (χ3n) is 2.44. The van der Waals surface area contributed by atoms with E-state index in [2.05, 4.69) is 0 Å². The molecule has 0 saturated carbocycles. The van der Waals surface area contributed by atoms with Gasteiger partial charge in [-0.3, -0.25) is 5.41 Å². The zero-order chi connectivity index (χ0) is 12.3. The zero-order valence-corrected chi connectivity index (χ0v) is 10.6. The number of halogens is 1. The Morgan fingerprint density at radius 1 is 1.44 bits per heavy atom. The van der Waals surface area contributed by atoms with Crippen molar-refractivity contribution in [1.29, 1.82) is 5.41 Å². The Balaban J connectivity index is 2.72. The average Bonchev–Trinajstić information content (AvgIpc) is 2.22. The standard InChI is InChI=1S/C12H17ClN2O/c1-7-4-10(5-8(2)11(7)13)16-6-9(3)12(14)15/h4-5,9H,6H2,1-3H3,(H3,14,15). The first kappa shape index (κ1) is 12.8. The highest BCUT2D eigenvalue weighted by Crippen LogP contribution is 2.26. The van der Waals surface area contributed by atoms with Crippen molar-refractivity contribution in [2.24, 2.45) is 11.7 Å². The van der Waals surface area contributed by atoms with Crippen molar-refractivity contribution in [3.63, 3.8) is 0 Å². The second kappa shape index (κ2) is 5.21. The normalized spacial score (nSPS) is 12.2. The number of rotatable bonds is 4. The molecule has 1 atom stereocenters. The number of hydrogen-bond acceptors (Lipinski definition) is 2. The van der Waals surface area contributed by atoms with E-state index in [0.717, 1.165) is 21.9 Å². The molecule has 0 aliphatic rings. The maximum Gasteiger partial charge on any atom is 0.119 e. The molecule has 0 spiro atoms. The van der Waals surface area contributed by atoms with Crippen molar-refractivity contribution in [3.05, 3.63) is 28.3 Å². The molecule has 4 heteroatoms. The SMILES string of the molecule is Cc1cc(OCC(C)C(=N)N)cc(C)c1Cl. The summed E-state index contributed by atoms with van der Waals surface area (Å²) in [7, 11) is 0. The van der Waals surface area contributed by atoms with E-state index in [9.17, 15) is 0 Å². The fourth-order valence-corrected chi connectivity index (χ4v) is 1.41. The molecule has 0 radical (unpaired) electrons. The number of ether oxygens (including phenoxy) is 1. The first-order chi connectivity index (χ1) is 7.41. The minimum absolute atomic E-state index is 0.0729. The molecule has 0 aromatic heterocycles. The van der Waals surface area contributed by atoms with Gasteiger partial charge in [0.1, 0.15) is 5.75 Å². The van der Waals surface area contributed by atoms with Gasteiger partial charge >= 0.3 is 0 Å². The molecule has 3 N–H and O–H groups in total. The van der Waals surface area contributed by atoms with Gasteiger partial charge in [-0.05, 0) is 37.1 Å². The van der Waals surface area contributed by atoms with E-state index in [1.807, 2.05) is 32.9 Å². The number of amidine groups is 1. The van der Waals surface area contributed by atoms with Crippen LogP contribution in [-0.4, -0.2) is 12.4 Å². The summed E-state index contributed by atoms with van der Waals surface area (Å²) in [6.07, 6.45) is 0. The van der Waals surface area contributed by atoms with Crippen molar-refractivity contribution >= 4 is 17.4 Å². The van der Waals surface area contributed by atoms with Crippen molar-refractivity contribution in [1.82, 2.24) is 0 Å². The zero-order valence-electron chi connectivity index (χ0n) is 9.80. The summed E-state index contributed by atoms with van der Waals surface area (Å²) in [4.78, 5) is 0. The van der Waals surface area contributed by atoms with Crippen LogP contribution in [0.2, 0.25) is 5.02 Å². The van der Waals surface area contributed by atoms with Crippen LogP contribution in [0.5, 0.6) is 5.75 Å². The fourth-order valence-electron chi connectivity index (χ4n) is 1.30. The molecular formula is C12H17ClN2O. The van der Waals surface area contributed by atoms with Gasteiger partial charge in [0.25, 0.3) is 0 Å². The van der Waals surface area contributed by atoms with Crippen molar-refractivity contribution in [2.45, 2.75) is 20.8 Å². The number of hydrogen-bond donors (Lipinski definition) is 2. The van der Waals surface area contributed by atoms with Crippen LogP contribution in [-0.2, 0) is 0 Å². The van der Waals surface area contributed by atoms with Gasteiger partial charge in [0.05, 0.1) is 12.4 Å². The molecule has 0 aliphatic heterocycles. The van der Waals surface area contributed by atoms with Crippen LogP contribution in [0.15, 0.2) is 12.1 Å². The third kappa shape index (κ3) is 3.14. The minimum atomic E-state index is -0.0729. The van der Waals surface area contributed by atoms with Crippen LogP contribution in [0.25, 0.3) is 0 Å². The van der Waals surface area contributed by atoms with E-state index < -0.39 is 0 Å². The minimum Gasteiger partial charge on any atom is -0.493 e. The van der Waals surface area contributed by atoms with E-state index in [1.54, 1.807) is 0 Å². The molecule has 16 heavy (non-hydrogen) atoms. The molecule has 0 bridgehead atoms. The Hall–Kier alpha value is -1.22. The van der Waals surface area contributed by atoms with Gasteiger partial charge in [-0.25, -0.2) is 0 Å². The van der Waals surface area contributed by atoms with Crippen LogP contribution in [0.3, 0.4) is 0 Å². The highest BCUT2D eigenvalue weighted by atomic mass is 35.5. The largest absolute Gasteiger partial charge is 0.493 e. The molecule has 1 unspecified atom stereocenters. The van der Waals surface area contributed by atoms with Gasteiger partial charge in [-0.1, -0.05) is 18.5 Å². The van der Waals surface area contributed by atoms with Crippen LogP contribution >= 0.6 is 11.6 Å². The highest BCUT2D eigenvalue weighted by molar-refractivity contribution is 6.32. The Bertz CT molecular complexity index is 381. The lowest BCUT2D eigenvalue weighted by Gasteiger charge is -2.13. The van der Waals surface area contributed by atoms with Crippen LogP contribution in [0.4, 0.5) is 0 Å². The lowest BCUT2D eigenvalue weighted by molar-refractivity contribution is 0.291. The molecule has 0 amide bonds. The number of benzene rings is 1. The van der Waals surface area contributed by atoms with Crippen LogP contribution < -0.4 is 10.5 Å². The lowest BCUT2D eigenvalue weighted by atomic mass is 10.1. The Morgan fingerprint density at radius 3 is 2.38 bits per heavy atom. The number of nitrogens with two attached hydrogens (primary N) is 1. The Morgan fingerprint density at radius 2 is 1.94 bits per heavy atom. The van der Waals surface area contributed by atoms with E-state index in [0.29, 0.717) is 6.61 Å². The highest BCUT2D eigenvalue weighted by Gasteiger charge is 2.08. The van der Waals surface area contributed by atoms with Gasteiger partial charge in [0.2, 0.25) is 0 Å². The second-order valence-corrected chi connectivity index (χ2v) is 4.42. The molecule has 88 valence electrons. The first-order valence-electron chi connectivity index (χ1n) is 5.15. The van der Waals surface area contributed by atoms with Gasteiger partial charge in [0.15, 0.2) is 0 Å². The molecule has 1 aromatic rings. The average molecular weight is 241 g/mol. The summed E-state index contributed by atoms with van der Waals surface area (Å²) in [5.74, 6) is 0.839. The first-order valence-corrected chi connectivity index (χ1v) is 5.53. The van der Waals surface area contributed by atoms with Gasteiger partial charge in [-0.2, -0.15) is 0 Å². The quantitative estimate of drug-likeness (QED) is 0.628. The van der Waals surface area contributed by atoms with Gasteiger partial charge in [-0.15, -0.1) is 0 Å². The summed E-state index contributed by atoms with van der Waals surface area (Å²) in [5.41, 5.74) is 7.35. The molecule has 0 heterocycles. The van der Waals surface area contributed by atoms with Crippen molar-refractivity contribution < 1.29 is 4.74 Å². The second-order valence-electron chi connectivity index (χ2n) is 4.04. The van der Waals surface area contributed by atoms with E-state index in [4.69, 9.17) is 27.5 Å². The molecule has 1 rings (SSSR count). The van der Waals surface area contributed by atoms with Crippen LogP contribution in [0, 0.1) is 25.2 Å². The molecule has 0 fully saturated rings. The van der Waals surface area contributed by atoms with E-state index in [1.165, 1.54) is 0 Å². The lowest BCUT2D eigenvalue weighted by Crippen LogP contribution is -2.25. The molecule has 0 saturated heterocycles. The third-order valence-corrected chi connectivity index (χ3v) is 3.04. The maximum absolute atomic E-state index is 7.26. The molecule has 1 aromatic carbocycles. The topological polar surface area (TPSA) is 59.1 Å². The Kier molecular flexibility index (Phi) is 4.19. The predicted molar refractivity (Wildman–Crippen MR) is 67.5 cm³/mol. The van der Waals surface area contributed by atoms with Crippen LogP contribution in [0.1, 0.15) is 18.1 Å². The summed E-state index contributed by atoms with van der Waals surface area (Å²) in [6.45, 7) is 6.15. The van der Waals surface area contributed by atoms with E-state index >= 15 is 0 Å². The van der Waals surface area contributed by atoms with Gasteiger partial charge < -0.3 is 10.5 Å². The molecule has 3 nitrogen and oxygen atoms in total. The maximum atomic E-state index is 7.26.